The molecule has 94 heavy (non-hydrogen) atoms. The molecule has 0 aliphatic heterocycles. The van der Waals surface area contributed by atoms with E-state index in [-0.39, 0.29) is 0 Å². The second-order valence-electron chi connectivity index (χ2n) is 25.4. The fourth-order valence-electron chi connectivity index (χ4n) is 12.0. The molecule has 1 saturated carbocycles. The monoisotopic (exact) mass is 1240 g/mol. The Morgan fingerprint density at radius 3 is 0.915 bits per heavy atom. The maximum Gasteiger partial charge on any atom is 0.212 e. The zero-order valence-electron chi connectivity index (χ0n) is 57.1. The molecule has 0 unspecified atom stereocenters. The molecule has 1 aliphatic rings. The van der Waals surface area contributed by atoms with E-state index in [1.807, 2.05) is 49.6 Å². The lowest BCUT2D eigenvalue weighted by molar-refractivity contribution is -0.660. The van der Waals surface area contributed by atoms with Gasteiger partial charge in [-0.25, -0.2) is 58.1 Å². The van der Waals surface area contributed by atoms with Crippen molar-refractivity contribution in [1.29, 1.82) is 0 Å². The van der Waals surface area contributed by atoms with Gasteiger partial charge in [-0.3, -0.25) is 0 Å². The molecule has 0 N–H and O–H groups in total. The summed E-state index contributed by atoms with van der Waals surface area (Å²) >= 11 is 0. The molecule has 0 saturated heterocycles. The van der Waals surface area contributed by atoms with Gasteiger partial charge in [-0.15, -0.1) is 0 Å². The third-order valence-corrected chi connectivity index (χ3v) is 17.4. The maximum absolute atomic E-state index is 4.64. The van der Waals surface area contributed by atoms with Crippen LogP contribution in [0.25, 0.3) is 89.5 Å². The van der Waals surface area contributed by atoms with Crippen LogP contribution in [-0.4, -0.2) is 39.9 Å². The maximum atomic E-state index is 4.64. The number of aryl methyl sites for hydroxylation is 9. The molecule has 0 spiro atoms. The number of hydrogen-bond donors (Lipinski definition) is 0. The number of pyridine rings is 4. The predicted molar refractivity (Wildman–Crippen MR) is 378 cm³/mol. The second-order valence-corrected chi connectivity index (χ2v) is 25.4. The first-order valence-electron chi connectivity index (χ1n) is 33.0. The van der Waals surface area contributed by atoms with Crippen molar-refractivity contribution in [3.8, 4) is 89.5 Å². The van der Waals surface area contributed by atoms with E-state index in [9.17, 15) is 0 Å². The van der Waals surface area contributed by atoms with Gasteiger partial charge in [-0.05, 0) is 117 Å². The number of aromatic nitrogens is 12. The zero-order chi connectivity index (χ0) is 66.3. The minimum atomic E-state index is 0.351. The number of nitrogens with zero attached hydrogens (tertiary/aromatic N) is 12. The molecule has 0 bridgehead atoms. The van der Waals surface area contributed by atoms with Gasteiger partial charge in [-0.2, -0.15) is 0 Å². The highest BCUT2D eigenvalue weighted by molar-refractivity contribution is 5.69. The summed E-state index contributed by atoms with van der Waals surface area (Å²) in [6.07, 6.45) is 30.9. The van der Waals surface area contributed by atoms with Crippen LogP contribution in [0, 0.1) is 33.6 Å². The topological polar surface area (TPSA) is 119 Å². The summed E-state index contributed by atoms with van der Waals surface area (Å²) in [5, 5.41) is 0. The van der Waals surface area contributed by atoms with E-state index in [2.05, 4.69) is 319 Å². The summed E-state index contributed by atoms with van der Waals surface area (Å²) in [6.45, 7) is 19.2. The molecule has 1 fully saturated rings. The lowest BCUT2D eigenvalue weighted by Gasteiger charge is -2.08. The highest BCUT2D eigenvalue weighted by Gasteiger charge is 2.22. The molecule has 0 atom stereocenters. The SMILES string of the molecule is CCc1ncc(-c2ccc(-c3ccccc3C)[n+](C)c2)cn1.Cc1ccccc1-c1ccc(-c2cnc(C(C)C)nc2)c[n+]1C.Cc1ccccc1-c1ccc(-c2cnc(C3CCCC3)nc2)c[n+]1C.Cc1ccccc1-c1ccc(-c2cnc(CC(C)C)nc2)c[n+]1C. The first kappa shape index (κ1) is 66.7. The number of rotatable bonds is 13. The van der Waals surface area contributed by atoms with E-state index >= 15 is 0 Å². The molecule has 13 rings (SSSR count). The van der Waals surface area contributed by atoms with Crippen LogP contribution in [0.3, 0.4) is 0 Å². The third-order valence-electron chi connectivity index (χ3n) is 17.4. The van der Waals surface area contributed by atoms with Gasteiger partial charge in [0.1, 0.15) is 51.5 Å². The zero-order valence-corrected chi connectivity index (χ0v) is 57.1. The van der Waals surface area contributed by atoms with Crippen LogP contribution in [0.15, 0.2) is 220 Å². The fourth-order valence-corrected chi connectivity index (χ4v) is 12.0. The van der Waals surface area contributed by atoms with Crippen LogP contribution in [0.2, 0.25) is 0 Å². The Kier molecular flexibility index (Phi) is 22.3. The van der Waals surface area contributed by atoms with Gasteiger partial charge in [0.05, 0.1) is 0 Å². The van der Waals surface area contributed by atoms with Crippen LogP contribution < -0.4 is 18.3 Å². The molecule has 8 heterocycles. The van der Waals surface area contributed by atoms with Gasteiger partial charge in [0.15, 0.2) is 24.8 Å². The Hall–Kier alpha value is -10.2. The largest absolute Gasteiger partial charge is 0.241 e. The van der Waals surface area contributed by atoms with Gasteiger partial charge in [0.2, 0.25) is 22.8 Å². The minimum Gasteiger partial charge on any atom is -0.241 e. The molecule has 0 radical (unpaired) electrons. The third kappa shape index (κ3) is 16.7. The summed E-state index contributed by atoms with van der Waals surface area (Å²) in [6, 6.07) is 51.1. The van der Waals surface area contributed by atoms with Crippen LogP contribution in [0.4, 0.5) is 0 Å². The molecular formula is C82H90N12+4. The van der Waals surface area contributed by atoms with Crippen molar-refractivity contribution in [1.82, 2.24) is 39.9 Å². The Balaban J connectivity index is 0.000000137. The average molecular weight is 1240 g/mol. The van der Waals surface area contributed by atoms with Crippen molar-refractivity contribution in [3.05, 3.63) is 266 Å². The van der Waals surface area contributed by atoms with E-state index in [0.29, 0.717) is 17.8 Å². The van der Waals surface area contributed by atoms with Crippen molar-refractivity contribution in [2.75, 3.05) is 0 Å². The quantitative estimate of drug-likeness (QED) is 0.105. The van der Waals surface area contributed by atoms with E-state index in [4.69, 9.17) is 0 Å². The summed E-state index contributed by atoms with van der Waals surface area (Å²) in [7, 11) is 8.33. The van der Waals surface area contributed by atoms with Gasteiger partial charge >= 0.3 is 0 Å². The minimum absolute atomic E-state index is 0.351. The molecule has 4 aromatic carbocycles. The van der Waals surface area contributed by atoms with Gasteiger partial charge in [0, 0.05) is 165 Å². The average Bonchev–Trinajstić information content (AvgIpc) is 0.997. The summed E-state index contributed by atoms with van der Waals surface area (Å²) in [5.41, 5.74) is 23.7. The van der Waals surface area contributed by atoms with Crippen LogP contribution >= 0.6 is 0 Å². The second kappa shape index (κ2) is 31.4. The molecule has 12 aromatic rings. The standard InChI is InChI=1S/C22H24N3.C21H24N3.C20H22N3.C19H20N3/c1-16-7-3-6-10-20(16)21-12-11-18(15-25(21)2)19-13-23-22(24-14-19)17-8-4-5-9-17;1-15(2)11-21-22-12-18(13-23-21)17-9-10-20(24(4)14-17)19-8-6-5-7-16(19)3;1-14(2)20-21-11-17(12-22-20)16-9-10-19(23(4)13-16)18-8-6-5-7-15(18)3;1-4-19-20-11-16(12-21-19)15-9-10-18(22(3)13-15)17-8-6-5-7-14(17)2/h3,6-7,10-15,17H,4-5,8-9H2,1-2H3;5-10,12-15H,11H2,1-4H3;5-14H,1-4H3;5-13H,4H2,1-3H3/q4*+1. The smallest absolute Gasteiger partial charge is 0.212 e. The van der Waals surface area contributed by atoms with Crippen molar-refractivity contribution in [3.63, 3.8) is 0 Å². The summed E-state index contributed by atoms with van der Waals surface area (Å²) in [4.78, 5) is 36.0. The van der Waals surface area contributed by atoms with E-state index in [0.717, 1.165) is 80.6 Å². The van der Waals surface area contributed by atoms with Crippen molar-refractivity contribution in [2.45, 2.75) is 113 Å². The first-order chi connectivity index (χ1) is 45.5. The summed E-state index contributed by atoms with van der Waals surface area (Å²) < 4.78 is 8.67. The Labute approximate surface area is 557 Å². The molecular weight excluding hydrogens is 1150 g/mol. The van der Waals surface area contributed by atoms with Crippen LogP contribution in [-0.2, 0) is 41.0 Å². The Morgan fingerprint density at radius 1 is 0.351 bits per heavy atom. The highest BCUT2D eigenvalue weighted by atomic mass is 14.9. The van der Waals surface area contributed by atoms with E-state index in [1.54, 1.807) is 0 Å². The van der Waals surface area contributed by atoms with Gasteiger partial charge < -0.3 is 0 Å². The molecule has 474 valence electrons. The van der Waals surface area contributed by atoms with E-state index in [1.165, 1.54) is 93.0 Å². The first-order valence-corrected chi connectivity index (χ1v) is 33.0. The molecule has 1 aliphatic carbocycles. The van der Waals surface area contributed by atoms with Crippen LogP contribution in [0.5, 0.6) is 0 Å². The lowest BCUT2D eigenvalue weighted by Crippen LogP contribution is -2.30. The number of benzene rings is 4. The Bertz CT molecular complexity index is 4480. The van der Waals surface area contributed by atoms with Crippen LogP contribution in [0.1, 0.15) is 118 Å². The molecule has 12 nitrogen and oxygen atoms in total. The van der Waals surface area contributed by atoms with Gasteiger partial charge in [-0.1, -0.05) is 120 Å². The predicted octanol–water partition coefficient (Wildman–Crippen LogP) is 16.3. The fraction of sp³-hybridized carbons (Fsp3) is 0.268. The van der Waals surface area contributed by atoms with Crippen molar-refractivity contribution < 1.29 is 18.3 Å². The lowest BCUT2D eigenvalue weighted by atomic mass is 10.0. The van der Waals surface area contributed by atoms with Gasteiger partial charge in [0.25, 0.3) is 0 Å². The Morgan fingerprint density at radius 2 is 0.638 bits per heavy atom. The molecule has 0 amide bonds. The molecule has 12 heteroatoms. The highest BCUT2D eigenvalue weighted by Crippen LogP contribution is 2.33. The normalized spacial score (nSPS) is 11.9. The summed E-state index contributed by atoms with van der Waals surface area (Å²) in [5.74, 6) is 5.18. The molecule has 8 aromatic heterocycles. The van der Waals surface area contributed by atoms with E-state index < -0.39 is 0 Å². The number of hydrogen-bond acceptors (Lipinski definition) is 8. The van der Waals surface area contributed by atoms with Crippen molar-refractivity contribution in [2.24, 2.45) is 34.1 Å². The van der Waals surface area contributed by atoms with Crippen molar-refractivity contribution >= 4 is 0 Å².